The summed E-state index contributed by atoms with van der Waals surface area (Å²) in [6.07, 6.45) is 0.873. The SMILES string of the molecule is CC1(C)O[C@@H]2[C@@H](COP3(=O)OCCC(c4ccc(Cl)c(Cl)c4)O3)O[C@@H](n3cnc4c(N)ncnc43)[C@]2(C)O1. The van der Waals surface area contributed by atoms with Crippen molar-refractivity contribution >= 4 is 48.0 Å². The van der Waals surface area contributed by atoms with Crippen molar-refractivity contribution in [3.63, 3.8) is 0 Å². The largest absolute Gasteiger partial charge is 0.475 e. The molecule has 12 nitrogen and oxygen atoms in total. The molecule has 0 aliphatic carbocycles. The van der Waals surface area contributed by atoms with Crippen molar-refractivity contribution in [1.82, 2.24) is 19.5 Å². The molecule has 15 heteroatoms. The molecule has 3 aromatic rings. The van der Waals surface area contributed by atoms with E-state index in [2.05, 4.69) is 15.0 Å². The number of anilines is 1. The second kappa shape index (κ2) is 9.36. The van der Waals surface area contributed by atoms with Gasteiger partial charge in [0.1, 0.15) is 29.7 Å². The molecule has 2 N–H and O–H groups in total. The molecule has 5 heterocycles. The van der Waals surface area contributed by atoms with Crippen molar-refractivity contribution in [2.45, 2.75) is 63.1 Å². The van der Waals surface area contributed by atoms with Gasteiger partial charge in [0.15, 0.2) is 23.5 Å². The van der Waals surface area contributed by atoms with E-state index in [1.807, 2.05) is 20.8 Å². The van der Waals surface area contributed by atoms with Crippen molar-refractivity contribution in [2.75, 3.05) is 18.9 Å². The number of hydrogen-bond donors (Lipinski definition) is 1. The van der Waals surface area contributed by atoms with Crippen molar-refractivity contribution in [3.05, 3.63) is 46.5 Å². The Morgan fingerprint density at radius 1 is 1.21 bits per heavy atom. The van der Waals surface area contributed by atoms with Gasteiger partial charge in [0.25, 0.3) is 0 Å². The molecule has 0 amide bonds. The summed E-state index contributed by atoms with van der Waals surface area (Å²) in [6, 6.07) is 5.11. The van der Waals surface area contributed by atoms with E-state index < -0.39 is 43.8 Å². The number of phosphoric ester groups is 1. The highest BCUT2D eigenvalue weighted by atomic mass is 35.5. The van der Waals surface area contributed by atoms with Crippen molar-refractivity contribution in [2.24, 2.45) is 0 Å². The van der Waals surface area contributed by atoms with Gasteiger partial charge in [0, 0.05) is 6.42 Å². The number of benzene rings is 1. The molecule has 0 bridgehead atoms. The van der Waals surface area contributed by atoms with Crippen LogP contribution in [0.25, 0.3) is 11.2 Å². The lowest BCUT2D eigenvalue weighted by Gasteiger charge is -2.30. The van der Waals surface area contributed by atoms with E-state index in [1.54, 1.807) is 29.1 Å². The first-order valence-corrected chi connectivity index (χ1v) is 14.2. The summed E-state index contributed by atoms with van der Waals surface area (Å²) in [5, 5.41) is 0.791. The van der Waals surface area contributed by atoms with Crippen LogP contribution >= 0.6 is 31.0 Å². The Bertz CT molecular complexity index is 1440. The highest BCUT2D eigenvalue weighted by Crippen LogP contribution is 2.58. The van der Waals surface area contributed by atoms with Crippen LogP contribution in [0.1, 0.15) is 45.1 Å². The van der Waals surface area contributed by atoms with Gasteiger partial charge in [0.05, 0.1) is 35.7 Å². The Hall–Kier alpha value is -1.86. The van der Waals surface area contributed by atoms with Gasteiger partial charge in [-0.15, -0.1) is 0 Å². The maximum absolute atomic E-state index is 13.4. The maximum Gasteiger partial charge on any atom is 0.475 e. The minimum absolute atomic E-state index is 0.147. The summed E-state index contributed by atoms with van der Waals surface area (Å²) in [6.45, 7) is 5.53. The third-order valence-corrected chi connectivity index (χ3v) is 9.03. The van der Waals surface area contributed by atoms with Crippen LogP contribution in [-0.2, 0) is 32.3 Å². The molecule has 2 unspecified atom stereocenters. The fourth-order valence-corrected chi connectivity index (χ4v) is 6.94. The topological polar surface area (TPSA) is 142 Å². The van der Waals surface area contributed by atoms with Crippen LogP contribution in [0, 0.1) is 0 Å². The molecule has 204 valence electrons. The van der Waals surface area contributed by atoms with Gasteiger partial charge in [-0.1, -0.05) is 29.3 Å². The molecule has 38 heavy (non-hydrogen) atoms. The Morgan fingerprint density at radius 3 is 2.82 bits per heavy atom. The predicted molar refractivity (Wildman–Crippen MR) is 137 cm³/mol. The van der Waals surface area contributed by atoms with Crippen LogP contribution in [0.15, 0.2) is 30.9 Å². The number of nitrogens with two attached hydrogens (primary N) is 1. The van der Waals surface area contributed by atoms with Crippen molar-refractivity contribution in [1.29, 1.82) is 0 Å². The van der Waals surface area contributed by atoms with Crippen LogP contribution in [0.2, 0.25) is 10.0 Å². The zero-order valence-electron chi connectivity index (χ0n) is 20.7. The molecule has 3 fully saturated rings. The van der Waals surface area contributed by atoms with Gasteiger partial charge in [-0.3, -0.25) is 18.1 Å². The zero-order chi connectivity index (χ0) is 26.9. The predicted octanol–water partition coefficient (Wildman–Crippen LogP) is 4.83. The maximum atomic E-state index is 13.4. The number of phosphoric acid groups is 1. The van der Waals surface area contributed by atoms with E-state index in [0.717, 1.165) is 5.56 Å². The second-order valence-corrected chi connectivity index (χ2v) is 12.4. The first-order chi connectivity index (χ1) is 18.0. The number of imidazole rings is 1. The Kier molecular flexibility index (Phi) is 6.50. The van der Waals surface area contributed by atoms with Gasteiger partial charge in [-0.25, -0.2) is 19.5 Å². The Balaban J connectivity index is 1.23. The van der Waals surface area contributed by atoms with Crippen LogP contribution in [0.4, 0.5) is 5.82 Å². The summed E-state index contributed by atoms with van der Waals surface area (Å²) in [7, 11) is -3.94. The monoisotopic (exact) mass is 585 g/mol. The van der Waals surface area contributed by atoms with Gasteiger partial charge in [-0.05, 0) is 38.5 Å². The lowest BCUT2D eigenvalue weighted by molar-refractivity contribution is -0.217. The summed E-state index contributed by atoms with van der Waals surface area (Å²) in [5.41, 5.74) is 6.66. The van der Waals surface area contributed by atoms with E-state index >= 15 is 0 Å². The van der Waals surface area contributed by atoms with Gasteiger partial charge >= 0.3 is 7.82 Å². The fourth-order valence-electron chi connectivity index (χ4n) is 5.24. The zero-order valence-corrected chi connectivity index (χ0v) is 23.2. The molecule has 0 saturated carbocycles. The molecular formula is C23H26Cl2N5O7P. The molecule has 1 aromatic carbocycles. The Labute approximate surface area is 228 Å². The van der Waals surface area contributed by atoms with Crippen LogP contribution in [0.3, 0.4) is 0 Å². The highest BCUT2D eigenvalue weighted by Gasteiger charge is 2.64. The van der Waals surface area contributed by atoms with E-state index in [-0.39, 0.29) is 19.0 Å². The third-order valence-electron chi connectivity index (χ3n) is 6.81. The quantitative estimate of drug-likeness (QED) is 0.411. The summed E-state index contributed by atoms with van der Waals surface area (Å²) in [5.74, 6) is -0.663. The molecule has 6 atom stereocenters. The highest BCUT2D eigenvalue weighted by molar-refractivity contribution is 7.48. The first-order valence-electron chi connectivity index (χ1n) is 12.0. The minimum Gasteiger partial charge on any atom is -0.382 e. The second-order valence-electron chi connectivity index (χ2n) is 9.97. The molecule has 6 rings (SSSR count). The smallest absolute Gasteiger partial charge is 0.382 e. The lowest BCUT2D eigenvalue weighted by Crippen LogP contribution is -2.42. The van der Waals surface area contributed by atoms with Crippen molar-refractivity contribution < 1.29 is 32.3 Å². The molecule has 3 aliphatic heterocycles. The fraction of sp³-hybridized carbons (Fsp3) is 0.522. The standard InChI is InChI=1S/C23H26Cl2N5O7P/c1-22(2)35-18-16(9-33-38(31)32-7-6-15(36-38)12-4-5-13(24)14(25)8-12)34-21(23(18,3)37-22)30-11-29-17-19(26)27-10-28-20(17)30/h4-5,8,10-11,15-16,18,21H,6-7,9H2,1-3H3,(H2,26,27,28)/t15?,16-,18-,21-,23-,38?/m1/s1. The number of rotatable bonds is 5. The molecule has 3 aliphatic rings. The van der Waals surface area contributed by atoms with Gasteiger partial charge in [-0.2, -0.15) is 0 Å². The summed E-state index contributed by atoms with van der Waals surface area (Å²) >= 11 is 12.2. The summed E-state index contributed by atoms with van der Waals surface area (Å²) in [4.78, 5) is 12.7. The van der Waals surface area contributed by atoms with Gasteiger partial charge < -0.3 is 19.9 Å². The number of aromatic nitrogens is 4. The molecular weight excluding hydrogens is 560 g/mol. The summed E-state index contributed by atoms with van der Waals surface area (Å²) < 4.78 is 51.1. The van der Waals surface area contributed by atoms with E-state index in [0.29, 0.717) is 27.6 Å². The number of hydrogen-bond acceptors (Lipinski definition) is 11. The number of nitrogen functional groups attached to an aromatic ring is 1. The van der Waals surface area contributed by atoms with E-state index in [4.69, 9.17) is 56.7 Å². The Morgan fingerprint density at radius 2 is 2.03 bits per heavy atom. The van der Waals surface area contributed by atoms with Crippen LogP contribution in [0.5, 0.6) is 0 Å². The average Bonchev–Trinajstić information content (AvgIpc) is 3.47. The average molecular weight is 586 g/mol. The first kappa shape index (κ1) is 26.4. The van der Waals surface area contributed by atoms with E-state index in [1.165, 1.54) is 6.33 Å². The van der Waals surface area contributed by atoms with Gasteiger partial charge in [0.2, 0.25) is 0 Å². The van der Waals surface area contributed by atoms with Crippen LogP contribution in [-0.4, -0.2) is 56.3 Å². The van der Waals surface area contributed by atoms with E-state index in [9.17, 15) is 4.57 Å². The molecule has 0 spiro atoms. The third kappa shape index (κ3) is 4.51. The van der Waals surface area contributed by atoms with Crippen LogP contribution < -0.4 is 5.73 Å². The number of halogens is 2. The number of ether oxygens (including phenoxy) is 3. The minimum atomic E-state index is -3.94. The van der Waals surface area contributed by atoms with Crippen molar-refractivity contribution in [3.8, 4) is 0 Å². The molecule has 0 radical (unpaired) electrons. The number of nitrogens with zero attached hydrogens (tertiary/aromatic N) is 4. The molecule has 3 saturated heterocycles. The normalized spacial score (nSPS) is 34.6. The number of fused-ring (bicyclic) bond motifs is 2. The lowest BCUT2D eigenvalue weighted by atomic mass is 9.96. The molecule has 2 aromatic heterocycles.